The highest BCUT2D eigenvalue weighted by Crippen LogP contribution is 2.29. The van der Waals surface area contributed by atoms with Gasteiger partial charge in [0.2, 0.25) is 0 Å². The molecule has 2 aliphatic rings. The van der Waals surface area contributed by atoms with Crippen LogP contribution in [0, 0.1) is 5.92 Å². The maximum absolute atomic E-state index is 3.90. The molecule has 1 fully saturated rings. The van der Waals surface area contributed by atoms with E-state index in [0.29, 0.717) is 12.1 Å². The van der Waals surface area contributed by atoms with Crippen LogP contribution in [0.5, 0.6) is 0 Å². The van der Waals surface area contributed by atoms with Crippen LogP contribution < -0.4 is 5.32 Å². The molecule has 0 radical (unpaired) electrons. The smallest absolute Gasteiger partial charge is 0.0178 e. The van der Waals surface area contributed by atoms with E-state index >= 15 is 0 Å². The molecule has 3 rings (SSSR count). The van der Waals surface area contributed by atoms with Gasteiger partial charge in [-0.1, -0.05) is 34.8 Å². The first-order chi connectivity index (χ1) is 9.22. The van der Waals surface area contributed by atoms with Crippen LogP contribution in [-0.2, 0) is 12.8 Å². The topological polar surface area (TPSA) is 12.0 Å². The van der Waals surface area contributed by atoms with E-state index in [1.807, 2.05) is 0 Å². The van der Waals surface area contributed by atoms with Gasteiger partial charge >= 0.3 is 0 Å². The summed E-state index contributed by atoms with van der Waals surface area (Å²) in [5.74, 6) is 0.923. The molecule has 0 aliphatic heterocycles. The number of benzene rings is 1. The van der Waals surface area contributed by atoms with E-state index in [9.17, 15) is 0 Å². The molecule has 0 saturated heterocycles. The van der Waals surface area contributed by atoms with Crippen LogP contribution in [0.25, 0.3) is 0 Å². The predicted octanol–water partition coefficient (Wildman–Crippen LogP) is 4.47. The third kappa shape index (κ3) is 3.22. The molecule has 0 aromatic heterocycles. The second kappa shape index (κ2) is 5.97. The summed E-state index contributed by atoms with van der Waals surface area (Å²) >= 11 is 3.57. The number of hydrogen-bond donors (Lipinski definition) is 1. The zero-order valence-corrected chi connectivity index (χ0v) is 13.4. The molecule has 2 unspecified atom stereocenters. The zero-order chi connectivity index (χ0) is 13.2. The second-order valence-corrected chi connectivity index (χ2v) is 7.27. The summed E-state index contributed by atoms with van der Waals surface area (Å²) in [6.45, 7) is 2.40. The minimum atomic E-state index is 0.685. The fraction of sp³-hybridized carbons (Fsp3) is 0.647. The number of nitrogens with one attached hydrogen (secondary N) is 1. The predicted molar refractivity (Wildman–Crippen MR) is 84.5 cm³/mol. The van der Waals surface area contributed by atoms with E-state index in [1.165, 1.54) is 49.4 Å². The molecule has 1 aromatic carbocycles. The molecule has 2 aliphatic carbocycles. The maximum atomic E-state index is 3.90. The minimum absolute atomic E-state index is 0.685. The molecular formula is C17H24BrN. The zero-order valence-electron chi connectivity index (χ0n) is 11.8. The summed E-state index contributed by atoms with van der Waals surface area (Å²) in [5, 5.41) is 3.90. The normalized spacial score (nSPS) is 25.3. The second-order valence-electron chi connectivity index (χ2n) is 6.35. The molecule has 0 heterocycles. The van der Waals surface area contributed by atoms with Crippen LogP contribution in [0.4, 0.5) is 0 Å². The van der Waals surface area contributed by atoms with Gasteiger partial charge in [0.05, 0.1) is 0 Å². The van der Waals surface area contributed by atoms with Crippen molar-refractivity contribution in [1.29, 1.82) is 0 Å². The lowest BCUT2D eigenvalue weighted by molar-refractivity contribution is 0.324. The molecule has 1 aromatic rings. The van der Waals surface area contributed by atoms with Crippen molar-refractivity contribution in [3.8, 4) is 0 Å². The number of halogens is 1. The van der Waals surface area contributed by atoms with Gasteiger partial charge in [0, 0.05) is 16.6 Å². The minimum Gasteiger partial charge on any atom is -0.311 e. The van der Waals surface area contributed by atoms with Crippen molar-refractivity contribution in [1.82, 2.24) is 5.32 Å². The van der Waals surface area contributed by atoms with Gasteiger partial charge < -0.3 is 5.32 Å². The van der Waals surface area contributed by atoms with Gasteiger partial charge in [-0.25, -0.2) is 0 Å². The summed E-state index contributed by atoms with van der Waals surface area (Å²) in [5.41, 5.74) is 3.09. The van der Waals surface area contributed by atoms with Gasteiger partial charge in [0.25, 0.3) is 0 Å². The Hall–Kier alpha value is -0.340. The summed E-state index contributed by atoms with van der Waals surface area (Å²) in [4.78, 5) is 0. The van der Waals surface area contributed by atoms with Crippen molar-refractivity contribution in [3.63, 3.8) is 0 Å². The lowest BCUT2D eigenvalue weighted by Gasteiger charge is -2.31. The molecule has 19 heavy (non-hydrogen) atoms. The average molecular weight is 322 g/mol. The highest BCUT2D eigenvalue weighted by atomic mass is 79.9. The van der Waals surface area contributed by atoms with E-state index in [4.69, 9.17) is 0 Å². The summed E-state index contributed by atoms with van der Waals surface area (Å²) < 4.78 is 1.22. The largest absolute Gasteiger partial charge is 0.311 e. The summed E-state index contributed by atoms with van der Waals surface area (Å²) in [6.07, 6.45) is 9.48. The molecule has 1 nitrogen and oxygen atoms in total. The number of fused-ring (bicyclic) bond motifs is 1. The van der Waals surface area contributed by atoms with E-state index in [0.717, 1.165) is 5.92 Å². The fourth-order valence-electron chi connectivity index (χ4n) is 3.83. The van der Waals surface area contributed by atoms with Crippen LogP contribution in [0.1, 0.15) is 50.2 Å². The van der Waals surface area contributed by atoms with Crippen molar-refractivity contribution in [2.75, 3.05) is 0 Å². The van der Waals surface area contributed by atoms with Crippen molar-refractivity contribution in [2.24, 2.45) is 5.92 Å². The molecule has 0 bridgehead atoms. The third-order valence-corrected chi connectivity index (χ3v) is 5.50. The Labute approximate surface area is 125 Å². The summed E-state index contributed by atoms with van der Waals surface area (Å²) in [7, 11) is 0. The van der Waals surface area contributed by atoms with Crippen LogP contribution in [0.3, 0.4) is 0 Å². The van der Waals surface area contributed by atoms with Crippen molar-refractivity contribution in [3.05, 3.63) is 33.8 Å². The molecule has 1 saturated carbocycles. The SMILES string of the molecule is CC(NC1CCc2cc(Br)ccc2C1)C1CCCC1. The maximum Gasteiger partial charge on any atom is 0.0178 e. The Balaban J connectivity index is 1.60. The van der Waals surface area contributed by atoms with Crippen molar-refractivity contribution in [2.45, 2.75) is 64.0 Å². The highest BCUT2D eigenvalue weighted by Gasteiger charge is 2.25. The molecule has 2 atom stereocenters. The average Bonchev–Trinajstić information content (AvgIpc) is 2.93. The first kappa shape index (κ1) is 13.6. The first-order valence-corrected chi connectivity index (χ1v) is 8.55. The van der Waals surface area contributed by atoms with Gasteiger partial charge in [-0.2, -0.15) is 0 Å². The van der Waals surface area contributed by atoms with E-state index in [2.05, 4.69) is 46.4 Å². The Morgan fingerprint density at radius 2 is 1.95 bits per heavy atom. The Bertz CT molecular complexity index is 437. The molecule has 104 valence electrons. The Kier molecular flexibility index (Phi) is 4.28. The highest BCUT2D eigenvalue weighted by molar-refractivity contribution is 9.10. The van der Waals surface area contributed by atoms with Crippen molar-refractivity contribution >= 4 is 15.9 Å². The van der Waals surface area contributed by atoms with E-state index in [-0.39, 0.29) is 0 Å². The van der Waals surface area contributed by atoms with Crippen LogP contribution in [0.2, 0.25) is 0 Å². The first-order valence-electron chi connectivity index (χ1n) is 7.76. The quantitative estimate of drug-likeness (QED) is 0.865. The number of aryl methyl sites for hydroxylation is 1. The van der Waals surface area contributed by atoms with Gasteiger partial charge in [-0.05, 0) is 68.2 Å². The standard InChI is InChI=1S/C17H24BrN/c1-12(13-4-2-3-5-13)19-17-9-7-14-10-16(18)8-6-15(14)11-17/h6,8,10,12-13,17,19H,2-5,7,9,11H2,1H3. The fourth-order valence-corrected chi connectivity index (χ4v) is 4.24. The molecule has 0 amide bonds. The monoisotopic (exact) mass is 321 g/mol. The lowest BCUT2D eigenvalue weighted by Crippen LogP contribution is -2.43. The summed E-state index contributed by atoms with van der Waals surface area (Å²) in [6, 6.07) is 8.16. The molecular weight excluding hydrogens is 298 g/mol. The van der Waals surface area contributed by atoms with Gasteiger partial charge in [0.15, 0.2) is 0 Å². The van der Waals surface area contributed by atoms with Crippen LogP contribution >= 0.6 is 15.9 Å². The lowest BCUT2D eigenvalue weighted by atomic mass is 9.87. The third-order valence-electron chi connectivity index (χ3n) is 5.00. The van der Waals surface area contributed by atoms with Gasteiger partial charge in [-0.15, -0.1) is 0 Å². The van der Waals surface area contributed by atoms with Crippen LogP contribution in [-0.4, -0.2) is 12.1 Å². The number of hydrogen-bond acceptors (Lipinski definition) is 1. The van der Waals surface area contributed by atoms with Crippen LogP contribution in [0.15, 0.2) is 22.7 Å². The molecule has 0 spiro atoms. The molecule has 1 N–H and O–H groups in total. The van der Waals surface area contributed by atoms with Crippen molar-refractivity contribution < 1.29 is 0 Å². The Morgan fingerprint density at radius 3 is 2.74 bits per heavy atom. The molecule has 2 heteroatoms. The van der Waals surface area contributed by atoms with Gasteiger partial charge in [0.1, 0.15) is 0 Å². The number of rotatable bonds is 3. The van der Waals surface area contributed by atoms with E-state index < -0.39 is 0 Å². The van der Waals surface area contributed by atoms with E-state index in [1.54, 1.807) is 11.1 Å². The van der Waals surface area contributed by atoms with Gasteiger partial charge in [-0.3, -0.25) is 0 Å². The Morgan fingerprint density at radius 1 is 1.16 bits per heavy atom.